The van der Waals surface area contributed by atoms with Gasteiger partial charge < -0.3 is 9.52 Å². The summed E-state index contributed by atoms with van der Waals surface area (Å²) < 4.78 is 32.7. The van der Waals surface area contributed by atoms with Crippen LogP contribution in [0.3, 0.4) is 0 Å². The molecule has 2 aromatic heterocycles. The van der Waals surface area contributed by atoms with Crippen LogP contribution < -0.4 is 4.72 Å². The van der Waals surface area contributed by atoms with E-state index in [0.717, 1.165) is 10.6 Å². The highest BCUT2D eigenvalue weighted by molar-refractivity contribution is 7.91. The maximum Gasteiger partial charge on any atom is 0.250 e. The molecule has 1 atom stereocenters. The van der Waals surface area contributed by atoms with Crippen LogP contribution >= 0.6 is 11.3 Å². The average Bonchev–Trinajstić information content (AvgIpc) is 3.07. The molecule has 0 aromatic carbocycles. The molecule has 0 aliphatic heterocycles. The van der Waals surface area contributed by atoms with Crippen molar-refractivity contribution in [2.24, 2.45) is 0 Å². The van der Waals surface area contributed by atoms with E-state index in [1.54, 1.807) is 18.4 Å². The van der Waals surface area contributed by atoms with Gasteiger partial charge in [-0.1, -0.05) is 0 Å². The van der Waals surface area contributed by atoms with E-state index in [1.165, 1.54) is 11.3 Å². The van der Waals surface area contributed by atoms with Crippen LogP contribution in [-0.4, -0.2) is 26.2 Å². The number of hydrogen-bond donors (Lipinski definition) is 2. The van der Waals surface area contributed by atoms with Gasteiger partial charge in [0.05, 0.1) is 6.26 Å². The zero-order valence-electron chi connectivity index (χ0n) is 11.8. The number of furan rings is 1. The second-order valence-corrected chi connectivity index (χ2v) is 7.94. The molecule has 0 aliphatic carbocycles. The van der Waals surface area contributed by atoms with E-state index in [0.29, 0.717) is 19.3 Å². The third kappa shape index (κ3) is 4.67. The number of thiophene rings is 1. The standard InChI is InChI=1S/C14H19NO4S2/c1-11(4-5-12-3-2-10-19-12)15-21(17,18)14-7-6-13(20-14)8-9-16/h2-3,6-7,10-11,15-16H,4-5,8-9H2,1H3. The van der Waals surface area contributed by atoms with Gasteiger partial charge in [0.1, 0.15) is 9.97 Å². The zero-order chi connectivity index (χ0) is 15.3. The molecule has 2 heterocycles. The highest BCUT2D eigenvalue weighted by Crippen LogP contribution is 2.22. The van der Waals surface area contributed by atoms with E-state index >= 15 is 0 Å². The van der Waals surface area contributed by atoms with Gasteiger partial charge in [0.15, 0.2) is 0 Å². The van der Waals surface area contributed by atoms with Crippen LogP contribution in [0.25, 0.3) is 0 Å². The monoisotopic (exact) mass is 329 g/mol. The van der Waals surface area contributed by atoms with E-state index in [2.05, 4.69) is 4.72 Å². The predicted molar refractivity (Wildman–Crippen MR) is 81.9 cm³/mol. The topological polar surface area (TPSA) is 79.5 Å². The molecule has 0 amide bonds. The van der Waals surface area contributed by atoms with Crippen molar-refractivity contribution in [3.8, 4) is 0 Å². The minimum Gasteiger partial charge on any atom is -0.469 e. The molecule has 2 aromatic rings. The smallest absolute Gasteiger partial charge is 0.250 e. The maximum atomic E-state index is 12.2. The largest absolute Gasteiger partial charge is 0.469 e. The third-order valence-electron chi connectivity index (χ3n) is 3.02. The molecule has 0 radical (unpaired) electrons. The number of aryl methyl sites for hydroxylation is 1. The van der Waals surface area contributed by atoms with Gasteiger partial charge >= 0.3 is 0 Å². The van der Waals surface area contributed by atoms with Gasteiger partial charge in [0, 0.05) is 30.4 Å². The Morgan fingerprint density at radius 1 is 1.33 bits per heavy atom. The summed E-state index contributed by atoms with van der Waals surface area (Å²) in [6, 6.07) is 6.84. The minimum absolute atomic E-state index is 0.0208. The number of nitrogens with one attached hydrogen (secondary N) is 1. The van der Waals surface area contributed by atoms with Gasteiger partial charge in [-0.3, -0.25) is 0 Å². The second kappa shape index (κ2) is 7.22. The van der Waals surface area contributed by atoms with Crippen LogP contribution in [-0.2, 0) is 22.9 Å². The molecule has 7 heteroatoms. The number of hydrogen-bond acceptors (Lipinski definition) is 5. The number of sulfonamides is 1. The summed E-state index contributed by atoms with van der Waals surface area (Å²) in [6.07, 6.45) is 3.45. The van der Waals surface area contributed by atoms with Crippen molar-refractivity contribution in [1.29, 1.82) is 0 Å². The van der Waals surface area contributed by atoms with Crippen LogP contribution in [0.1, 0.15) is 24.0 Å². The van der Waals surface area contributed by atoms with E-state index < -0.39 is 10.0 Å². The highest BCUT2D eigenvalue weighted by atomic mass is 32.2. The molecular weight excluding hydrogens is 310 g/mol. The van der Waals surface area contributed by atoms with Crippen LogP contribution in [0.5, 0.6) is 0 Å². The lowest BCUT2D eigenvalue weighted by molar-refractivity contribution is 0.300. The summed E-state index contributed by atoms with van der Waals surface area (Å²) >= 11 is 1.19. The molecule has 2 rings (SSSR count). The van der Waals surface area contributed by atoms with Gasteiger partial charge in [0.2, 0.25) is 10.0 Å². The average molecular weight is 329 g/mol. The van der Waals surface area contributed by atoms with E-state index in [9.17, 15) is 8.42 Å². The van der Waals surface area contributed by atoms with Gasteiger partial charge in [-0.2, -0.15) is 0 Å². The van der Waals surface area contributed by atoms with Crippen LogP contribution in [0.15, 0.2) is 39.2 Å². The molecule has 0 saturated carbocycles. The highest BCUT2D eigenvalue weighted by Gasteiger charge is 2.19. The van der Waals surface area contributed by atoms with Gasteiger partial charge in [0.25, 0.3) is 0 Å². The summed E-state index contributed by atoms with van der Waals surface area (Å²) in [5, 5.41) is 8.87. The Morgan fingerprint density at radius 3 is 2.81 bits per heavy atom. The Labute approximate surface area is 128 Å². The van der Waals surface area contributed by atoms with E-state index in [4.69, 9.17) is 9.52 Å². The SMILES string of the molecule is CC(CCc1ccco1)NS(=O)(=O)c1ccc(CCO)s1. The zero-order valence-corrected chi connectivity index (χ0v) is 13.4. The van der Waals surface area contributed by atoms with Crippen molar-refractivity contribution in [2.75, 3.05) is 6.61 Å². The molecule has 0 spiro atoms. The van der Waals surface area contributed by atoms with Crippen LogP contribution in [0.4, 0.5) is 0 Å². The first kappa shape index (κ1) is 16.2. The molecule has 0 fully saturated rings. The molecule has 5 nitrogen and oxygen atoms in total. The Bertz CT molecular complexity index is 646. The Morgan fingerprint density at radius 2 is 2.14 bits per heavy atom. The fourth-order valence-corrected chi connectivity index (χ4v) is 4.58. The number of aliphatic hydroxyl groups excluding tert-OH is 1. The second-order valence-electron chi connectivity index (χ2n) is 4.83. The molecule has 0 aliphatic rings. The van der Waals surface area contributed by atoms with Crippen LogP contribution in [0.2, 0.25) is 0 Å². The summed E-state index contributed by atoms with van der Waals surface area (Å²) in [5.74, 6) is 0.849. The van der Waals surface area contributed by atoms with E-state index in [1.807, 2.05) is 19.1 Å². The van der Waals surface area contributed by atoms with Crippen molar-refractivity contribution in [3.05, 3.63) is 41.2 Å². The van der Waals surface area contributed by atoms with Crippen molar-refractivity contribution >= 4 is 21.4 Å². The van der Waals surface area contributed by atoms with Crippen LogP contribution in [0, 0.1) is 0 Å². The molecule has 21 heavy (non-hydrogen) atoms. The first-order valence-corrected chi connectivity index (χ1v) is 9.05. The minimum atomic E-state index is -3.49. The molecular formula is C14H19NO4S2. The molecule has 2 N–H and O–H groups in total. The summed E-state index contributed by atoms with van der Waals surface area (Å²) in [6.45, 7) is 1.86. The van der Waals surface area contributed by atoms with E-state index in [-0.39, 0.29) is 16.9 Å². The first-order chi connectivity index (χ1) is 10.0. The first-order valence-electron chi connectivity index (χ1n) is 6.75. The number of rotatable bonds is 8. The quantitative estimate of drug-likeness (QED) is 0.778. The predicted octanol–water partition coefficient (Wildman–Crippen LogP) is 2.18. The van der Waals surface area contributed by atoms with Gasteiger partial charge in [-0.15, -0.1) is 11.3 Å². The lowest BCUT2D eigenvalue weighted by atomic mass is 10.2. The number of aliphatic hydroxyl groups is 1. The van der Waals surface area contributed by atoms with Gasteiger partial charge in [-0.25, -0.2) is 13.1 Å². The Hall–Kier alpha value is -1.15. The summed E-state index contributed by atoms with van der Waals surface area (Å²) in [5.41, 5.74) is 0. The molecule has 0 bridgehead atoms. The summed E-state index contributed by atoms with van der Waals surface area (Å²) in [7, 11) is -3.49. The van der Waals surface area contributed by atoms with Crippen molar-refractivity contribution in [2.45, 2.75) is 36.4 Å². The van der Waals surface area contributed by atoms with Crippen molar-refractivity contribution < 1.29 is 17.9 Å². The Balaban J connectivity index is 1.92. The maximum absolute atomic E-state index is 12.2. The van der Waals surface area contributed by atoms with Gasteiger partial charge in [-0.05, 0) is 37.6 Å². The fourth-order valence-electron chi connectivity index (χ4n) is 1.94. The lowest BCUT2D eigenvalue weighted by Crippen LogP contribution is -2.32. The fraction of sp³-hybridized carbons (Fsp3) is 0.429. The normalized spacial score (nSPS) is 13.4. The third-order valence-corrected chi connectivity index (χ3v) is 6.25. The van der Waals surface area contributed by atoms with Crippen molar-refractivity contribution in [1.82, 2.24) is 4.72 Å². The lowest BCUT2D eigenvalue weighted by Gasteiger charge is -2.12. The van der Waals surface area contributed by atoms with Crippen molar-refractivity contribution in [3.63, 3.8) is 0 Å². The molecule has 116 valence electrons. The molecule has 1 unspecified atom stereocenters. The summed E-state index contributed by atoms with van der Waals surface area (Å²) in [4.78, 5) is 0.862. The molecule has 0 saturated heterocycles. The Kier molecular flexibility index (Phi) is 5.58.